The van der Waals surface area contributed by atoms with E-state index >= 15 is 0 Å². The zero-order valence-electron chi connectivity index (χ0n) is 15.1. The second-order valence-electron chi connectivity index (χ2n) is 5.97. The Labute approximate surface area is 179 Å². The topological polar surface area (TPSA) is 87.6 Å². The highest BCUT2D eigenvalue weighted by Gasteiger charge is 2.14. The molecule has 0 bridgehead atoms. The predicted molar refractivity (Wildman–Crippen MR) is 113 cm³/mol. The van der Waals surface area contributed by atoms with E-state index in [4.69, 9.17) is 0 Å². The highest BCUT2D eigenvalue weighted by Crippen LogP contribution is 2.19. The van der Waals surface area contributed by atoms with Crippen molar-refractivity contribution in [2.75, 3.05) is 4.72 Å². The van der Waals surface area contributed by atoms with Gasteiger partial charge in [-0.2, -0.15) is 5.10 Å². The summed E-state index contributed by atoms with van der Waals surface area (Å²) in [5.74, 6) is -2.25. The van der Waals surface area contributed by atoms with E-state index < -0.39 is 27.6 Å². The van der Waals surface area contributed by atoms with Gasteiger partial charge in [0.1, 0.15) is 11.6 Å². The number of hydrogen-bond donors (Lipinski definition) is 2. The molecule has 0 aliphatic heterocycles. The fourth-order valence-electron chi connectivity index (χ4n) is 2.37. The van der Waals surface area contributed by atoms with Crippen LogP contribution in [0, 0.1) is 11.6 Å². The van der Waals surface area contributed by atoms with Crippen molar-refractivity contribution in [1.82, 2.24) is 5.43 Å². The number of nitrogens with zero attached hydrogens (tertiary/aromatic N) is 1. The number of nitrogens with one attached hydrogen (secondary N) is 2. The molecule has 0 spiro atoms. The molecule has 0 radical (unpaired) electrons. The zero-order chi connectivity index (χ0) is 21.7. The van der Waals surface area contributed by atoms with E-state index in [1.807, 2.05) is 0 Å². The van der Waals surface area contributed by atoms with Crippen LogP contribution in [0.1, 0.15) is 15.9 Å². The van der Waals surface area contributed by atoms with Crippen molar-refractivity contribution in [1.29, 1.82) is 0 Å². The van der Waals surface area contributed by atoms with E-state index in [-0.39, 0.29) is 21.7 Å². The van der Waals surface area contributed by atoms with Gasteiger partial charge in [0.2, 0.25) is 0 Å². The molecule has 0 saturated carbocycles. The van der Waals surface area contributed by atoms with Gasteiger partial charge in [0.25, 0.3) is 15.9 Å². The van der Waals surface area contributed by atoms with Crippen molar-refractivity contribution in [3.8, 4) is 0 Å². The van der Waals surface area contributed by atoms with E-state index in [1.165, 1.54) is 42.5 Å². The average Bonchev–Trinajstić information content (AvgIpc) is 2.70. The van der Waals surface area contributed by atoms with Crippen molar-refractivity contribution in [2.24, 2.45) is 5.10 Å². The molecule has 0 atom stereocenters. The van der Waals surface area contributed by atoms with E-state index in [2.05, 4.69) is 31.2 Å². The van der Waals surface area contributed by atoms with Gasteiger partial charge in [-0.3, -0.25) is 9.52 Å². The zero-order valence-corrected chi connectivity index (χ0v) is 17.5. The Morgan fingerprint density at radius 1 is 0.933 bits per heavy atom. The van der Waals surface area contributed by atoms with Crippen molar-refractivity contribution in [3.63, 3.8) is 0 Å². The maximum atomic E-state index is 13.5. The minimum Gasteiger partial charge on any atom is -0.280 e. The fourth-order valence-corrected chi connectivity index (χ4v) is 3.69. The lowest BCUT2D eigenvalue weighted by atomic mass is 10.2. The normalized spacial score (nSPS) is 11.4. The maximum absolute atomic E-state index is 13.5. The molecule has 3 aromatic carbocycles. The number of anilines is 1. The molecule has 1 amide bonds. The molecule has 0 heterocycles. The standard InChI is InChI=1S/C20H14BrF2N3O3S/c21-14-6-10-16(11-7-14)30(28,29)26-15-8-4-13(5-9-15)20(27)25-24-12-17-18(22)2-1-3-19(17)23/h1-12,26H,(H,25,27)/b24-12+. The van der Waals surface area contributed by atoms with Crippen LogP contribution in [0.5, 0.6) is 0 Å². The summed E-state index contributed by atoms with van der Waals surface area (Å²) in [6.07, 6.45) is 0.864. The largest absolute Gasteiger partial charge is 0.280 e. The molecule has 154 valence electrons. The maximum Gasteiger partial charge on any atom is 0.271 e. The highest BCUT2D eigenvalue weighted by molar-refractivity contribution is 9.10. The molecular formula is C20H14BrF2N3O3S. The van der Waals surface area contributed by atoms with Crippen LogP contribution in [0.25, 0.3) is 0 Å². The van der Waals surface area contributed by atoms with Gasteiger partial charge in [-0.15, -0.1) is 0 Å². The summed E-state index contributed by atoms with van der Waals surface area (Å²) in [4.78, 5) is 12.2. The number of halogens is 3. The Balaban J connectivity index is 1.65. The number of sulfonamides is 1. The number of hydrazone groups is 1. The van der Waals surface area contributed by atoms with Crippen molar-refractivity contribution in [2.45, 2.75) is 4.90 Å². The SMILES string of the molecule is O=C(N/N=C/c1c(F)cccc1F)c1ccc(NS(=O)(=O)c2ccc(Br)cc2)cc1. The Bertz CT molecular complexity index is 1180. The van der Waals surface area contributed by atoms with Crippen molar-refractivity contribution >= 4 is 43.8 Å². The molecule has 0 aliphatic carbocycles. The van der Waals surface area contributed by atoms with E-state index in [1.54, 1.807) is 12.1 Å². The van der Waals surface area contributed by atoms with Gasteiger partial charge in [-0.05, 0) is 60.7 Å². The first-order valence-corrected chi connectivity index (χ1v) is 10.7. The van der Waals surface area contributed by atoms with Crippen LogP contribution >= 0.6 is 15.9 Å². The van der Waals surface area contributed by atoms with Gasteiger partial charge in [0, 0.05) is 15.7 Å². The molecule has 30 heavy (non-hydrogen) atoms. The number of carbonyl (C=O) groups is 1. The van der Waals surface area contributed by atoms with Crippen LogP contribution in [-0.4, -0.2) is 20.5 Å². The lowest BCUT2D eigenvalue weighted by molar-refractivity contribution is 0.0955. The highest BCUT2D eigenvalue weighted by atomic mass is 79.9. The second kappa shape index (κ2) is 9.14. The van der Waals surface area contributed by atoms with Gasteiger partial charge >= 0.3 is 0 Å². The minimum atomic E-state index is -3.78. The Kier molecular flexibility index (Phi) is 6.58. The Hall–Kier alpha value is -3.11. The molecular weight excluding hydrogens is 480 g/mol. The Morgan fingerprint density at radius 3 is 2.13 bits per heavy atom. The first kappa shape index (κ1) is 21.6. The van der Waals surface area contributed by atoms with E-state index in [0.717, 1.165) is 22.8 Å². The number of hydrogen-bond acceptors (Lipinski definition) is 4. The predicted octanol–water partition coefficient (Wildman–Crippen LogP) is 4.29. The van der Waals surface area contributed by atoms with E-state index in [9.17, 15) is 22.0 Å². The van der Waals surface area contributed by atoms with Crippen LogP contribution in [0.4, 0.5) is 14.5 Å². The molecule has 0 fully saturated rings. The summed E-state index contributed by atoms with van der Waals surface area (Å²) in [7, 11) is -3.78. The molecule has 2 N–H and O–H groups in total. The monoisotopic (exact) mass is 493 g/mol. The lowest BCUT2D eigenvalue weighted by Gasteiger charge is -2.09. The third-order valence-corrected chi connectivity index (χ3v) is 5.81. The molecule has 0 aromatic heterocycles. The average molecular weight is 494 g/mol. The molecule has 6 nitrogen and oxygen atoms in total. The summed E-state index contributed by atoms with van der Waals surface area (Å²) in [5.41, 5.74) is 2.21. The van der Waals surface area contributed by atoms with Crippen LogP contribution in [0.15, 0.2) is 81.2 Å². The van der Waals surface area contributed by atoms with Gasteiger partial charge in [-0.25, -0.2) is 22.6 Å². The summed E-state index contributed by atoms with van der Waals surface area (Å²) in [6, 6.07) is 15.0. The van der Waals surface area contributed by atoms with Gasteiger partial charge in [0.15, 0.2) is 0 Å². The molecule has 3 aromatic rings. The van der Waals surface area contributed by atoms with Crippen LogP contribution in [0.3, 0.4) is 0 Å². The smallest absolute Gasteiger partial charge is 0.271 e. The van der Waals surface area contributed by atoms with E-state index in [0.29, 0.717) is 0 Å². The fraction of sp³-hybridized carbons (Fsp3) is 0. The second-order valence-corrected chi connectivity index (χ2v) is 8.57. The van der Waals surface area contributed by atoms with Crippen LogP contribution in [-0.2, 0) is 10.0 Å². The summed E-state index contributed by atoms with van der Waals surface area (Å²) in [5, 5.41) is 3.55. The molecule has 10 heteroatoms. The third-order valence-electron chi connectivity index (χ3n) is 3.88. The molecule has 0 saturated heterocycles. The number of benzene rings is 3. The first-order valence-electron chi connectivity index (χ1n) is 8.42. The van der Waals surface area contributed by atoms with Crippen molar-refractivity contribution < 1.29 is 22.0 Å². The van der Waals surface area contributed by atoms with Crippen molar-refractivity contribution in [3.05, 3.63) is 94.0 Å². The first-order chi connectivity index (χ1) is 14.3. The summed E-state index contributed by atoms with van der Waals surface area (Å²) in [6.45, 7) is 0. The van der Waals surface area contributed by atoms with Crippen LogP contribution < -0.4 is 10.1 Å². The number of carbonyl (C=O) groups excluding carboxylic acids is 1. The van der Waals surface area contributed by atoms with Gasteiger partial charge < -0.3 is 0 Å². The third kappa shape index (κ3) is 5.28. The number of rotatable bonds is 6. The quantitative estimate of drug-likeness (QED) is 0.396. The summed E-state index contributed by atoms with van der Waals surface area (Å²) >= 11 is 3.24. The summed E-state index contributed by atoms with van der Waals surface area (Å²) < 4.78 is 54.9. The molecule has 3 rings (SSSR count). The minimum absolute atomic E-state index is 0.0854. The van der Waals surface area contributed by atoms with Gasteiger partial charge in [-0.1, -0.05) is 22.0 Å². The number of amides is 1. The Morgan fingerprint density at radius 2 is 1.53 bits per heavy atom. The molecule has 0 unspecified atom stereocenters. The van der Waals surface area contributed by atoms with Crippen LogP contribution in [0.2, 0.25) is 0 Å². The molecule has 0 aliphatic rings. The lowest BCUT2D eigenvalue weighted by Crippen LogP contribution is -2.18. The van der Waals surface area contributed by atoms with Gasteiger partial charge in [0.05, 0.1) is 16.7 Å².